The van der Waals surface area contributed by atoms with Gasteiger partial charge in [0.15, 0.2) is 0 Å². The quantitative estimate of drug-likeness (QED) is 0.815. The smallest absolute Gasteiger partial charge is 0.132 e. The van der Waals surface area contributed by atoms with Crippen LogP contribution in [0, 0.1) is 6.92 Å². The number of ether oxygens (including phenoxy) is 2. The summed E-state index contributed by atoms with van der Waals surface area (Å²) in [4.78, 5) is 4.41. The fourth-order valence-corrected chi connectivity index (χ4v) is 1.93. The molecule has 0 unspecified atom stereocenters. The van der Waals surface area contributed by atoms with Crippen LogP contribution in [0.4, 0.5) is 0 Å². The number of nitrogens with zero attached hydrogens (tertiary/aromatic N) is 1. The van der Waals surface area contributed by atoms with E-state index in [1.165, 1.54) is 5.56 Å². The predicted octanol–water partition coefficient (Wildman–Crippen LogP) is 3.85. The van der Waals surface area contributed by atoms with Crippen molar-refractivity contribution in [1.29, 1.82) is 0 Å². The van der Waals surface area contributed by atoms with Gasteiger partial charge in [0.1, 0.15) is 11.5 Å². The van der Waals surface area contributed by atoms with Gasteiger partial charge in [-0.15, -0.1) is 0 Å². The van der Waals surface area contributed by atoms with Crippen molar-refractivity contribution in [2.45, 2.75) is 20.8 Å². The summed E-state index contributed by atoms with van der Waals surface area (Å²) in [6.07, 6.45) is 1.82. The molecule has 100 valence electrons. The number of rotatable bonds is 5. The highest BCUT2D eigenvalue weighted by atomic mass is 16.5. The van der Waals surface area contributed by atoms with Gasteiger partial charge in [-0.05, 0) is 50.6 Å². The number of aromatic nitrogens is 1. The molecule has 0 saturated carbocycles. The Kier molecular flexibility index (Phi) is 4.39. The molecule has 1 heterocycles. The van der Waals surface area contributed by atoms with Crippen molar-refractivity contribution in [3.8, 4) is 22.8 Å². The van der Waals surface area contributed by atoms with E-state index >= 15 is 0 Å². The van der Waals surface area contributed by atoms with Crippen LogP contribution in [0.25, 0.3) is 11.3 Å². The second kappa shape index (κ2) is 6.23. The molecule has 0 radical (unpaired) electrons. The highest BCUT2D eigenvalue weighted by molar-refractivity contribution is 5.68. The summed E-state index contributed by atoms with van der Waals surface area (Å²) in [7, 11) is 0. The average Bonchev–Trinajstić information content (AvgIpc) is 2.40. The number of aryl methyl sites for hydroxylation is 1. The van der Waals surface area contributed by atoms with Crippen LogP contribution in [0.1, 0.15) is 19.4 Å². The largest absolute Gasteiger partial charge is 0.494 e. The third-order valence-electron chi connectivity index (χ3n) is 2.76. The summed E-state index contributed by atoms with van der Waals surface area (Å²) in [6.45, 7) is 7.26. The van der Waals surface area contributed by atoms with E-state index in [1.807, 2.05) is 44.3 Å². The summed E-state index contributed by atoms with van der Waals surface area (Å²) in [5.74, 6) is 1.63. The van der Waals surface area contributed by atoms with Gasteiger partial charge in [-0.25, -0.2) is 0 Å². The Labute approximate surface area is 114 Å². The molecule has 0 spiro atoms. The number of pyridine rings is 1. The number of hydrogen-bond donors (Lipinski definition) is 0. The number of benzene rings is 1. The van der Waals surface area contributed by atoms with Crippen LogP contribution < -0.4 is 9.47 Å². The minimum atomic E-state index is 0.619. The zero-order valence-corrected chi connectivity index (χ0v) is 11.6. The maximum Gasteiger partial charge on any atom is 0.132 e. The first kappa shape index (κ1) is 13.4. The molecule has 0 aliphatic rings. The second-order valence-corrected chi connectivity index (χ2v) is 4.24. The van der Waals surface area contributed by atoms with Crippen molar-refractivity contribution >= 4 is 0 Å². The first-order valence-corrected chi connectivity index (χ1v) is 6.57. The summed E-state index contributed by atoms with van der Waals surface area (Å²) in [5.41, 5.74) is 3.10. The van der Waals surface area contributed by atoms with Gasteiger partial charge in [0.2, 0.25) is 0 Å². The van der Waals surface area contributed by atoms with Crippen molar-refractivity contribution in [2.24, 2.45) is 0 Å². The molecule has 0 amide bonds. The van der Waals surface area contributed by atoms with Crippen LogP contribution in [-0.4, -0.2) is 18.2 Å². The van der Waals surface area contributed by atoms with Crippen LogP contribution in [0.5, 0.6) is 11.5 Å². The van der Waals surface area contributed by atoms with Crippen molar-refractivity contribution in [3.63, 3.8) is 0 Å². The number of hydrogen-bond acceptors (Lipinski definition) is 3. The molecule has 0 atom stereocenters. The Morgan fingerprint density at radius 3 is 2.47 bits per heavy atom. The zero-order valence-electron chi connectivity index (χ0n) is 11.6. The van der Waals surface area contributed by atoms with Crippen molar-refractivity contribution in [2.75, 3.05) is 13.2 Å². The molecule has 0 aliphatic heterocycles. The van der Waals surface area contributed by atoms with Gasteiger partial charge in [-0.3, -0.25) is 4.98 Å². The molecule has 1 aromatic heterocycles. The highest BCUT2D eigenvalue weighted by Gasteiger charge is 2.09. The van der Waals surface area contributed by atoms with Crippen molar-refractivity contribution < 1.29 is 9.47 Å². The Morgan fingerprint density at radius 1 is 1.00 bits per heavy atom. The van der Waals surface area contributed by atoms with E-state index in [0.29, 0.717) is 13.2 Å². The molecule has 0 aliphatic carbocycles. The summed E-state index contributed by atoms with van der Waals surface area (Å²) in [5, 5.41) is 0. The van der Waals surface area contributed by atoms with E-state index in [2.05, 4.69) is 18.0 Å². The first-order chi connectivity index (χ1) is 9.24. The third kappa shape index (κ3) is 3.25. The van der Waals surface area contributed by atoms with E-state index in [4.69, 9.17) is 9.47 Å². The van der Waals surface area contributed by atoms with Crippen LogP contribution in [-0.2, 0) is 0 Å². The van der Waals surface area contributed by atoms with Crippen LogP contribution in [0.15, 0.2) is 36.5 Å². The van der Waals surface area contributed by atoms with Gasteiger partial charge in [0, 0.05) is 17.8 Å². The van der Waals surface area contributed by atoms with E-state index in [9.17, 15) is 0 Å². The standard InChI is InChI=1S/C16H19NO2/c1-4-18-13-6-7-14(16(11-13)19-5-2)15-10-12(3)8-9-17-15/h6-11H,4-5H2,1-3H3. The minimum Gasteiger partial charge on any atom is -0.494 e. The molecule has 3 heteroatoms. The van der Waals surface area contributed by atoms with E-state index in [1.54, 1.807) is 0 Å². The maximum absolute atomic E-state index is 5.70. The molecular weight excluding hydrogens is 238 g/mol. The Morgan fingerprint density at radius 2 is 1.79 bits per heavy atom. The lowest BCUT2D eigenvalue weighted by Crippen LogP contribution is -1.97. The van der Waals surface area contributed by atoms with Gasteiger partial charge < -0.3 is 9.47 Å². The summed E-state index contributed by atoms with van der Waals surface area (Å²) in [6, 6.07) is 9.91. The molecule has 0 N–H and O–H groups in total. The van der Waals surface area contributed by atoms with Crippen LogP contribution in [0.3, 0.4) is 0 Å². The molecule has 0 saturated heterocycles. The third-order valence-corrected chi connectivity index (χ3v) is 2.76. The van der Waals surface area contributed by atoms with Gasteiger partial charge >= 0.3 is 0 Å². The minimum absolute atomic E-state index is 0.619. The molecule has 2 aromatic rings. The highest BCUT2D eigenvalue weighted by Crippen LogP contribution is 2.32. The lowest BCUT2D eigenvalue weighted by atomic mass is 10.1. The Hall–Kier alpha value is -2.03. The van der Waals surface area contributed by atoms with Gasteiger partial charge in [-0.2, -0.15) is 0 Å². The molecule has 0 fully saturated rings. The van der Waals surface area contributed by atoms with Gasteiger partial charge in [-0.1, -0.05) is 0 Å². The maximum atomic E-state index is 5.70. The average molecular weight is 257 g/mol. The summed E-state index contributed by atoms with van der Waals surface area (Å²) >= 11 is 0. The molecule has 1 aromatic carbocycles. The fraction of sp³-hybridized carbons (Fsp3) is 0.312. The molecule has 0 bridgehead atoms. The van der Waals surface area contributed by atoms with Crippen molar-refractivity contribution in [3.05, 3.63) is 42.1 Å². The Balaban J connectivity index is 2.43. The van der Waals surface area contributed by atoms with Crippen LogP contribution in [0.2, 0.25) is 0 Å². The van der Waals surface area contributed by atoms with Gasteiger partial charge in [0.25, 0.3) is 0 Å². The molecule has 19 heavy (non-hydrogen) atoms. The topological polar surface area (TPSA) is 31.4 Å². The lowest BCUT2D eigenvalue weighted by Gasteiger charge is -2.12. The predicted molar refractivity (Wildman–Crippen MR) is 76.7 cm³/mol. The first-order valence-electron chi connectivity index (χ1n) is 6.57. The van der Waals surface area contributed by atoms with E-state index < -0.39 is 0 Å². The van der Waals surface area contributed by atoms with Gasteiger partial charge in [0.05, 0.1) is 18.9 Å². The molecule has 3 nitrogen and oxygen atoms in total. The monoisotopic (exact) mass is 257 g/mol. The second-order valence-electron chi connectivity index (χ2n) is 4.24. The Bertz CT molecular complexity index is 552. The van der Waals surface area contributed by atoms with E-state index in [0.717, 1.165) is 22.8 Å². The van der Waals surface area contributed by atoms with Crippen LogP contribution >= 0.6 is 0 Å². The molecular formula is C16H19NO2. The van der Waals surface area contributed by atoms with E-state index in [-0.39, 0.29) is 0 Å². The SMILES string of the molecule is CCOc1ccc(-c2cc(C)ccn2)c(OCC)c1. The zero-order chi connectivity index (χ0) is 13.7. The fourth-order valence-electron chi connectivity index (χ4n) is 1.93. The summed E-state index contributed by atoms with van der Waals surface area (Å²) < 4.78 is 11.2. The lowest BCUT2D eigenvalue weighted by molar-refractivity contribution is 0.324. The van der Waals surface area contributed by atoms with Crippen molar-refractivity contribution in [1.82, 2.24) is 4.98 Å². The molecule has 2 rings (SSSR count). The normalized spacial score (nSPS) is 10.3.